The lowest BCUT2D eigenvalue weighted by Gasteiger charge is -2.01. The van der Waals surface area contributed by atoms with Gasteiger partial charge >= 0.3 is 7.12 Å². The van der Waals surface area contributed by atoms with Crippen LogP contribution in [0.3, 0.4) is 0 Å². The zero-order chi connectivity index (χ0) is 16.1. The smallest absolute Gasteiger partial charge is 0.423 e. The number of hydrogen-bond donors (Lipinski definition) is 2. The van der Waals surface area contributed by atoms with Crippen LogP contribution in [0.5, 0.6) is 0 Å². The van der Waals surface area contributed by atoms with Crippen LogP contribution < -0.4 is 5.46 Å². The first-order valence-electron chi connectivity index (χ1n) is 6.57. The van der Waals surface area contributed by atoms with Gasteiger partial charge < -0.3 is 10.0 Å². The van der Waals surface area contributed by atoms with Gasteiger partial charge in [0, 0.05) is 6.26 Å². The summed E-state index contributed by atoms with van der Waals surface area (Å²) in [4.78, 5) is 0.0816. The molecular formula is C13H27BO4S. The molecule has 0 spiro atoms. The zero-order valence-corrected chi connectivity index (χ0v) is 13.8. The zero-order valence-electron chi connectivity index (χ0n) is 13.0. The Labute approximate surface area is 118 Å². The van der Waals surface area contributed by atoms with Crippen molar-refractivity contribution in [2.45, 2.75) is 46.4 Å². The van der Waals surface area contributed by atoms with Gasteiger partial charge in [-0.05, 0) is 17.6 Å². The van der Waals surface area contributed by atoms with Crippen molar-refractivity contribution in [3.63, 3.8) is 0 Å². The molecule has 1 rings (SSSR count). The van der Waals surface area contributed by atoms with Crippen LogP contribution >= 0.6 is 0 Å². The van der Waals surface area contributed by atoms with Crippen molar-refractivity contribution >= 4 is 22.4 Å². The topological polar surface area (TPSA) is 74.6 Å². The first-order valence-corrected chi connectivity index (χ1v) is 8.46. The van der Waals surface area contributed by atoms with Crippen LogP contribution in [0.1, 0.15) is 41.5 Å². The van der Waals surface area contributed by atoms with Crippen molar-refractivity contribution in [2.75, 3.05) is 6.26 Å². The van der Waals surface area contributed by atoms with E-state index in [0.29, 0.717) is 0 Å². The van der Waals surface area contributed by atoms with Gasteiger partial charge in [0.2, 0.25) is 0 Å². The highest BCUT2D eigenvalue weighted by Crippen LogP contribution is 2.05. The standard InChI is InChI=1S/C7H9BO4S.3C2H6/c1-13(11,12)7-4-2-3-6(5-7)8(9)10;3*1-2/h2-5,9-10H,1H3;3*1-2H3. The van der Waals surface area contributed by atoms with Crippen LogP contribution in [-0.4, -0.2) is 31.8 Å². The second-order valence-electron chi connectivity index (χ2n) is 2.72. The van der Waals surface area contributed by atoms with Crippen LogP contribution in [-0.2, 0) is 9.84 Å². The maximum Gasteiger partial charge on any atom is 0.488 e. The van der Waals surface area contributed by atoms with Crippen molar-refractivity contribution < 1.29 is 18.5 Å². The molecule has 0 saturated heterocycles. The number of rotatable bonds is 2. The van der Waals surface area contributed by atoms with E-state index in [9.17, 15) is 8.42 Å². The first-order chi connectivity index (χ1) is 8.91. The van der Waals surface area contributed by atoms with E-state index in [1.165, 1.54) is 24.3 Å². The van der Waals surface area contributed by atoms with E-state index in [0.717, 1.165) is 6.26 Å². The third-order valence-corrected chi connectivity index (χ3v) is 2.69. The molecule has 0 bridgehead atoms. The molecule has 0 heterocycles. The predicted molar refractivity (Wildman–Crippen MR) is 83.4 cm³/mol. The maximum atomic E-state index is 11.0. The van der Waals surface area contributed by atoms with Gasteiger partial charge in [-0.2, -0.15) is 0 Å². The molecule has 0 aromatic heterocycles. The second kappa shape index (κ2) is 13.6. The summed E-state index contributed by atoms with van der Waals surface area (Å²) in [5.74, 6) is 0. The highest BCUT2D eigenvalue weighted by Gasteiger charge is 2.14. The summed E-state index contributed by atoms with van der Waals surface area (Å²) in [7, 11) is -4.92. The van der Waals surface area contributed by atoms with Gasteiger partial charge in [0.15, 0.2) is 9.84 Å². The lowest BCUT2D eigenvalue weighted by molar-refractivity contribution is 0.425. The Bertz CT molecular complexity index is 403. The number of hydrogen-bond acceptors (Lipinski definition) is 4. The second-order valence-corrected chi connectivity index (χ2v) is 4.73. The quantitative estimate of drug-likeness (QED) is 0.815. The van der Waals surface area contributed by atoms with Crippen molar-refractivity contribution in [1.82, 2.24) is 0 Å². The average Bonchev–Trinajstić information content (AvgIpc) is 2.44. The molecule has 112 valence electrons. The van der Waals surface area contributed by atoms with Crippen LogP contribution in [0.4, 0.5) is 0 Å². The van der Waals surface area contributed by atoms with E-state index >= 15 is 0 Å². The minimum atomic E-state index is -3.28. The molecule has 19 heavy (non-hydrogen) atoms. The van der Waals surface area contributed by atoms with Gasteiger partial charge in [-0.25, -0.2) is 8.42 Å². The van der Waals surface area contributed by atoms with Crippen LogP contribution in [0.25, 0.3) is 0 Å². The van der Waals surface area contributed by atoms with Gasteiger partial charge in [0.05, 0.1) is 4.90 Å². The van der Waals surface area contributed by atoms with E-state index in [-0.39, 0.29) is 10.4 Å². The molecule has 0 radical (unpaired) electrons. The molecule has 0 amide bonds. The molecule has 0 aliphatic heterocycles. The summed E-state index contributed by atoms with van der Waals surface area (Å²) in [5.41, 5.74) is 0.169. The van der Waals surface area contributed by atoms with E-state index in [1.54, 1.807) is 0 Å². The van der Waals surface area contributed by atoms with Crippen LogP contribution in [0, 0.1) is 0 Å². The lowest BCUT2D eigenvalue weighted by atomic mass is 9.80. The highest BCUT2D eigenvalue weighted by molar-refractivity contribution is 7.90. The average molecular weight is 290 g/mol. The van der Waals surface area contributed by atoms with Crippen molar-refractivity contribution in [3.8, 4) is 0 Å². The Hall–Kier alpha value is -0.845. The molecule has 1 aromatic rings. The maximum absolute atomic E-state index is 11.0. The summed E-state index contributed by atoms with van der Waals surface area (Å²) < 4.78 is 22.1. The van der Waals surface area contributed by atoms with Crippen LogP contribution in [0.15, 0.2) is 29.2 Å². The van der Waals surface area contributed by atoms with Gasteiger partial charge in [0.1, 0.15) is 0 Å². The molecule has 4 nitrogen and oxygen atoms in total. The van der Waals surface area contributed by atoms with E-state index in [4.69, 9.17) is 10.0 Å². The normalized spacial score (nSPS) is 8.68. The SMILES string of the molecule is CC.CC.CC.CS(=O)(=O)c1cccc(B(O)O)c1. The third-order valence-electron chi connectivity index (χ3n) is 1.58. The minimum absolute atomic E-state index is 0.0816. The fourth-order valence-corrected chi connectivity index (χ4v) is 1.58. The van der Waals surface area contributed by atoms with Crippen molar-refractivity contribution in [3.05, 3.63) is 24.3 Å². The fourth-order valence-electron chi connectivity index (χ4n) is 0.906. The molecule has 0 saturated carbocycles. The Morgan fingerprint density at radius 2 is 1.37 bits per heavy atom. The Kier molecular flexibility index (Phi) is 16.6. The Morgan fingerprint density at radius 1 is 0.947 bits per heavy atom. The summed E-state index contributed by atoms with van der Waals surface area (Å²) in [5, 5.41) is 17.5. The Balaban J connectivity index is -0.000000375. The summed E-state index contributed by atoms with van der Waals surface area (Å²) >= 11 is 0. The van der Waals surface area contributed by atoms with Gasteiger partial charge in [0.25, 0.3) is 0 Å². The van der Waals surface area contributed by atoms with Gasteiger partial charge in [-0.15, -0.1) is 0 Å². The molecule has 6 heteroatoms. The summed E-state index contributed by atoms with van der Waals surface area (Å²) in [6, 6.07) is 5.55. The predicted octanol–water partition coefficient (Wildman–Crippen LogP) is 1.85. The van der Waals surface area contributed by atoms with Crippen molar-refractivity contribution in [1.29, 1.82) is 0 Å². The lowest BCUT2D eigenvalue weighted by Crippen LogP contribution is -2.30. The number of benzene rings is 1. The molecule has 2 N–H and O–H groups in total. The molecular weight excluding hydrogens is 263 g/mol. The first kappa shape index (κ1) is 23.3. The largest absolute Gasteiger partial charge is 0.488 e. The molecule has 0 fully saturated rings. The molecule has 0 aliphatic carbocycles. The van der Waals surface area contributed by atoms with Crippen LogP contribution in [0.2, 0.25) is 0 Å². The summed E-state index contributed by atoms with van der Waals surface area (Å²) in [6.45, 7) is 12.0. The van der Waals surface area contributed by atoms with Crippen molar-refractivity contribution in [2.24, 2.45) is 0 Å². The van der Waals surface area contributed by atoms with Gasteiger partial charge in [-0.3, -0.25) is 0 Å². The minimum Gasteiger partial charge on any atom is -0.423 e. The molecule has 0 aliphatic rings. The molecule has 0 unspecified atom stereocenters. The van der Waals surface area contributed by atoms with E-state index < -0.39 is 17.0 Å². The van der Waals surface area contributed by atoms with Gasteiger partial charge in [-0.1, -0.05) is 53.7 Å². The fraction of sp³-hybridized carbons (Fsp3) is 0.538. The molecule has 0 atom stereocenters. The monoisotopic (exact) mass is 290 g/mol. The summed E-state index contributed by atoms with van der Waals surface area (Å²) in [6.07, 6.45) is 1.07. The molecule has 1 aromatic carbocycles. The van der Waals surface area contributed by atoms with E-state index in [2.05, 4.69) is 0 Å². The number of sulfone groups is 1. The third kappa shape index (κ3) is 10.7. The Morgan fingerprint density at radius 3 is 1.68 bits per heavy atom. The van der Waals surface area contributed by atoms with E-state index in [1.807, 2.05) is 41.5 Å². The highest BCUT2D eigenvalue weighted by atomic mass is 32.2.